The number of likely N-dealkylation sites (tertiary alicyclic amines) is 1. The Morgan fingerprint density at radius 3 is 2.29 bits per heavy atom. The van der Waals surface area contributed by atoms with E-state index in [1.165, 1.54) is 10.6 Å². The predicted molar refractivity (Wildman–Crippen MR) is 126 cm³/mol. The first kappa shape index (κ1) is 23.6. The highest BCUT2D eigenvalue weighted by molar-refractivity contribution is 5.78. The minimum atomic E-state index is -0.844. The first-order chi connectivity index (χ1) is 16.1. The molecule has 3 aromatic rings. The van der Waals surface area contributed by atoms with Crippen LogP contribution < -0.4 is 0 Å². The first-order valence-electron chi connectivity index (χ1n) is 11.3. The molecule has 2 heterocycles. The second-order valence-electron chi connectivity index (χ2n) is 9.41. The minimum Gasteiger partial charge on any atom is -0.508 e. The molecule has 1 aliphatic heterocycles. The van der Waals surface area contributed by atoms with Crippen LogP contribution in [0.5, 0.6) is 17.5 Å². The van der Waals surface area contributed by atoms with Crippen LogP contribution in [0.15, 0.2) is 36.4 Å². The molecule has 0 spiro atoms. The fraction of sp³-hybridized carbons (Fsp3) is 0.400. The monoisotopic (exact) mass is 466 g/mol. The second kappa shape index (κ2) is 8.98. The van der Waals surface area contributed by atoms with Crippen molar-refractivity contribution in [2.24, 2.45) is 0 Å². The number of nitrogens with zero attached hydrogens (tertiary/aromatic N) is 4. The number of carboxylic acid groups (broad SMARTS) is 1. The van der Waals surface area contributed by atoms with Gasteiger partial charge in [-0.15, -0.1) is 5.10 Å². The Balaban J connectivity index is 1.57. The van der Waals surface area contributed by atoms with Gasteiger partial charge in [-0.3, -0.25) is 14.3 Å². The second-order valence-corrected chi connectivity index (χ2v) is 9.41. The molecule has 0 amide bonds. The smallest absolute Gasteiger partial charge is 0.323 e. The Morgan fingerprint density at radius 1 is 1.03 bits per heavy atom. The molecule has 0 radical (unpaired) electrons. The van der Waals surface area contributed by atoms with Gasteiger partial charge < -0.3 is 20.4 Å². The molecular weight excluding hydrogens is 436 g/mol. The zero-order valence-electron chi connectivity index (χ0n) is 19.6. The fourth-order valence-electron chi connectivity index (χ4n) is 4.54. The first-order valence-corrected chi connectivity index (χ1v) is 11.3. The molecule has 0 unspecified atom stereocenters. The number of phenolic OH excluding ortho intramolecular Hbond substituents is 2. The molecule has 2 aromatic carbocycles. The average molecular weight is 467 g/mol. The van der Waals surface area contributed by atoms with E-state index in [1.54, 1.807) is 13.0 Å². The van der Waals surface area contributed by atoms with E-state index in [4.69, 9.17) is 0 Å². The van der Waals surface area contributed by atoms with Crippen molar-refractivity contribution in [3.05, 3.63) is 53.1 Å². The number of hydrogen-bond donors (Lipinski definition) is 4. The summed E-state index contributed by atoms with van der Waals surface area (Å²) in [5.74, 6) is -0.641. The zero-order chi connectivity index (χ0) is 24.6. The number of benzene rings is 2. The van der Waals surface area contributed by atoms with E-state index in [0.717, 1.165) is 24.1 Å². The maximum atomic E-state index is 11.7. The molecule has 1 aromatic heterocycles. The number of carbonyl (C=O) groups is 1. The van der Waals surface area contributed by atoms with Crippen LogP contribution >= 0.6 is 0 Å². The van der Waals surface area contributed by atoms with Crippen molar-refractivity contribution >= 4 is 5.97 Å². The molecule has 1 atom stereocenters. The topological polar surface area (TPSA) is 132 Å². The molecule has 0 bridgehead atoms. The maximum Gasteiger partial charge on any atom is 0.323 e. The summed E-state index contributed by atoms with van der Waals surface area (Å²) in [5, 5.41) is 48.4. The molecule has 34 heavy (non-hydrogen) atoms. The number of aromatic nitrogens is 3. The van der Waals surface area contributed by atoms with Crippen LogP contribution in [0, 0.1) is 0 Å². The van der Waals surface area contributed by atoms with Crippen molar-refractivity contribution in [3.8, 4) is 28.9 Å². The number of hydrogen-bond acceptors (Lipinski definition) is 7. The van der Waals surface area contributed by atoms with Gasteiger partial charge in [-0.1, -0.05) is 43.2 Å². The minimum absolute atomic E-state index is 0.000810. The van der Waals surface area contributed by atoms with Gasteiger partial charge in [0.15, 0.2) is 5.82 Å². The Hall–Kier alpha value is -3.59. The SMILES string of the molecule is CC(C)c1cc(-c2nnc(O)n2Cc2ccc(CN3CCC[C@@]3(C)C(=O)O)cc2)c(O)cc1O. The summed E-state index contributed by atoms with van der Waals surface area (Å²) in [6.45, 7) is 7.20. The summed E-state index contributed by atoms with van der Waals surface area (Å²) >= 11 is 0. The summed E-state index contributed by atoms with van der Waals surface area (Å²) in [6.07, 6.45) is 1.50. The van der Waals surface area contributed by atoms with Gasteiger partial charge in [-0.2, -0.15) is 0 Å². The molecule has 0 saturated carbocycles. The van der Waals surface area contributed by atoms with Crippen LogP contribution in [0.1, 0.15) is 56.2 Å². The number of rotatable bonds is 7. The van der Waals surface area contributed by atoms with Crippen LogP contribution in [0.2, 0.25) is 0 Å². The molecular formula is C25H30N4O5. The Kier molecular flexibility index (Phi) is 6.22. The maximum absolute atomic E-state index is 11.7. The van der Waals surface area contributed by atoms with Gasteiger partial charge in [0.2, 0.25) is 0 Å². The van der Waals surface area contributed by atoms with Crippen LogP contribution in [0.4, 0.5) is 0 Å². The summed E-state index contributed by atoms with van der Waals surface area (Å²) < 4.78 is 1.49. The molecule has 4 N–H and O–H groups in total. The van der Waals surface area contributed by atoms with Crippen molar-refractivity contribution in [1.82, 2.24) is 19.7 Å². The highest BCUT2D eigenvalue weighted by Gasteiger charge is 2.43. The molecule has 4 rings (SSSR count). The normalized spacial score (nSPS) is 18.6. The summed E-state index contributed by atoms with van der Waals surface area (Å²) in [4.78, 5) is 13.7. The molecule has 180 valence electrons. The molecule has 1 aliphatic rings. The van der Waals surface area contributed by atoms with E-state index in [2.05, 4.69) is 10.2 Å². The Morgan fingerprint density at radius 2 is 1.68 bits per heavy atom. The quantitative estimate of drug-likeness (QED) is 0.415. The molecule has 0 aliphatic carbocycles. The standard InChI is InChI=1S/C25H30N4O5/c1-15(2)18-11-19(21(31)12-20(18)30)22-26-27-24(34)29(22)14-17-7-5-16(6-8-17)13-28-10-4-9-25(28,3)23(32)33/h5-8,11-12,15,30-31H,4,9-10,13-14H2,1-3H3,(H,27,34)(H,32,33)/t25-/m0/s1. The van der Waals surface area contributed by atoms with E-state index in [-0.39, 0.29) is 35.8 Å². The molecule has 1 fully saturated rings. The predicted octanol–water partition coefficient (Wildman–Crippen LogP) is 3.67. The van der Waals surface area contributed by atoms with Gasteiger partial charge in [0.1, 0.15) is 17.0 Å². The Bertz CT molecular complexity index is 1200. The summed E-state index contributed by atoms with van der Waals surface area (Å²) in [6, 6.07) is 10.4. The summed E-state index contributed by atoms with van der Waals surface area (Å²) in [5.41, 5.74) is 2.06. The lowest BCUT2D eigenvalue weighted by molar-refractivity contribution is -0.148. The number of aliphatic carboxylic acids is 1. The van der Waals surface area contributed by atoms with Crippen molar-refractivity contribution in [2.45, 2.75) is 58.2 Å². The highest BCUT2D eigenvalue weighted by atomic mass is 16.4. The van der Waals surface area contributed by atoms with Crippen molar-refractivity contribution in [3.63, 3.8) is 0 Å². The van der Waals surface area contributed by atoms with Gasteiger partial charge >= 0.3 is 12.0 Å². The van der Waals surface area contributed by atoms with Gasteiger partial charge in [-0.05, 0) is 55.0 Å². The van der Waals surface area contributed by atoms with Crippen molar-refractivity contribution in [2.75, 3.05) is 6.54 Å². The molecule has 9 nitrogen and oxygen atoms in total. The third-order valence-corrected chi connectivity index (χ3v) is 6.73. The van der Waals surface area contributed by atoms with Gasteiger partial charge in [0.25, 0.3) is 0 Å². The average Bonchev–Trinajstić information content (AvgIpc) is 3.33. The lowest BCUT2D eigenvalue weighted by Gasteiger charge is -2.31. The van der Waals surface area contributed by atoms with Crippen molar-refractivity contribution in [1.29, 1.82) is 0 Å². The van der Waals surface area contributed by atoms with Gasteiger partial charge in [0.05, 0.1) is 12.1 Å². The largest absolute Gasteiger partial charge is 0.508 e. The third kappa shape index (κ3) is 4.31. The third-order valence-electron chi connectivity index (χ3n) is 6.73. The lowest BCUT2D eigenvalue weighted by Crippen LogP contribution is -2.47. The highest BCUT2D eigenvalue weighted by Crippen LogP contribution is 2.38. The van der Waals surface area contributed by atoms with Crippen molar-refractivity contribution < 1.29 is 25.2 Å². The summed E-state index contributed by atoms with van der Waals surface area (Å²) in [7, 11) is 0. The van der Waals surface area contributed by atoms with Gasteiger partial charge in [-0.25, -0.2) is 0 Å². The van der Waals surface area contributed by atoms with Crippen LogP contribution in [-0.2, 0) is 17.9 Å². The fourth-order valence-corrected chi connectivity index (χ4v) is 4.54. The van der Waals surface area contributed by atoms with Crippen LogP contribution in [0.25, 0.3) is 11.4 Å². The zero-order valence-corrected chi connectivity index (χ0v) is 19.6. The number of phenols is 2. The van der Waals surface area contributed by atoms with Crippen LogP contribution in [-0.4, -0.2) is 58.1 Å². The lowest BCUT2D eigenvalue weighted by atomic mass is 9.98. The molecule has 1 saturated heterocycles. The van der Waals surface area contributed by atoms with E-state index < -0.39 is 11.5 Å². The van der Waals surface area contributed by atoms with E-state index in [0.29, 0.717) is 24.1 Å². The molecule has 9 heteroatoms. The van der Waals surface area contributed by atoms with E-state index >= 15 is 0 Å². The Labute approximate surface area is 197 Å². The van der Waals surface area contributed by atoms with E-state index in [1.807, 2.05) is 43.0 Å². The van der Waals surface area contributed by atoms with E-state index in [9.17, 15) is 25.2 Å². The van der Waals surface area contributed by atoms with Gasteiger partial charge in [0, 0.05) is 12.6 Å². The number of carboxylic acids is 1. The van der Waals surface area contributed by atoms with Crippen LogP contribution in [0.3, 0.4) is 0 Å². The number of aromatic hydroxyl groups is 3.